The molecule has 1 aromatic carbocycles. The molecule has 0 unspecified atom stereocenters. The molecule has 2 N–H and O–H groups in total. The van der Waals surface area contributed by atoms with Crippen LogP contribution >= 0.6 is 0 Å². The molecule has 0 heterocycles. The zero-order valence-electron chi connectivity index (χ0n) is 12.2. The van der Waals surface area contributed by atoms with Crippen molar-refractivity contribution >= 4 is 10.0 Å². The van der Waals surface area contributed by atoms with Gasteiger partial charge in [-0.05, 0) is 44.0 Å². The van der Waals surface area contributed by atoms with Gasteiger partial charge in [-0.3, -0.25) is 0 Å². The molecule has 0 aliphatic rings. The summed E-state index contributed by atoms with van der Waals surface area (Å²) in [5.74, 6) is 0.534. The summed E-state index contributed by atoms with van der Waals surface area (Å²) in [6.07, 6.45) is 1.45. The first kappa shape index (κ1) is 16.9. The second-order valence-corrected chi connectivity index (χ2v) is 6.60. The van der Waals surface area contributed by atoms with E-state index in [2.05, 4.69) is 4.72 Å². The largest absolute Gasteiger partial charge is 0.491 e. The van der Waals surface area contributed by atoms with Crippen LogP contribution in [0.3, 0.4) is 0 Å². The Morgan fingerprint density at radius 2 is 1.75 bits per heavy atom. The normalized spacial score (nSPS) is 12.4. The molecule has 0 radical (unpaired) electrons. The third-order valence-electron chi connectivity index (χ3n) is 3.44. The second kappa shape index (κ2) is 7.06. The van der Waals surface area contributed by atoms with Crippen molar-refractivity contribution < 1.29 is 18.3 Å². The molecule has 0 bridgehead atoms. The van der Waals surface area contributed by atoms with E-state index in [1.165, 1.54) is 12.1 Å². The molecule has 1 aromatic rings. The standard InChI is InChI=1S/C14H23NO4S/c1-4-14(3,5-2)15-20(17,18)13-8-6-12(7-9-13)19-11-10-16/h6-9,15-16H,4-5,10-11H2,1-3H3. The van der Waals surface area contributed by atoms with Gasteiger partial charge in [0.2, 0.25) is 10.0 Å². The molecule has 0 spiro atoms. The Balaban J connectivity index is 2.88. The fraction of sp³-hybridized carbons (Fsp3) is 0.571. The average Bonchev–Trinajstić information content (AvgIpc) is 2.45. The van der Waals surface area contributed by atoms with E-state index < -0.39 is 15.6 Å². The van der Waals surface area contributed by atoms with Gasteiger partial charge < -0.3 is 9.84 Å². The van der Waals surface area contributed by atoms with Gasteiger partial charge in [-0.25, -0.2) is 13.1 Å². The van der Waals surface area contributed by atoms with E-state index in [0.717, 1.165) is 12.8 Å². The molecule has 20 heavy (non-hydrogen) atoms. The molecule has 5 nitrogen and oxygen atoms in total. The quantitative estimate of drug-likeness (QED) is 0.769. The highest BCUT2D eigenvalue weighted by Crippen LogP contribution is 2.20. The predicted molar refractivity (Wildman–Crippen MR) is 78.3 cm³/mol. The van der Waals surface area contributed by atoms with Crippen molar-refractivity contribution in [3.63, 3.8) is 0 Å². The molecule has 1 rings (SSSR count). The van der Waals surface area contributed by atoms with Crippen molar-refractivity contribution in [2.24, 2.45) is 0 Å². The Morgan fingerprint density at radius 1 is 1.20 bits per heavy atom. The van der Waals surface area contributed by atoms with E-state index in [1.807, 2.05) is 20.8 Å². The number of hydrogen-bond donors (Lipinski definition) is 2. The lowest BCUT2D eigenvalue weighted by Crippen LogP contribution is -2.44. The first-order chi connectivity index (χ1) is 9.37. The molecule has 0 aliphatic heterocycles. The minimum absolute atomic E-state index is 0.0764. The summed E-state index contributed by atoms with van der Waals surface area (Å²) in [5.41, 5.74) is -0.440. The van der Waals surface area contributed by atoms with Crippen LogP contribution in [0, 0.1) is 0 Å². The zero-order chi connectivity index (χ0) is 15.2. The number of benzene rings is 1. The lowest BCUT2D eigenvalue weighted by molar-refractivity contribution is 0.201. The number of rotatable bonds is 8. The summed E-state index contributed by atoms with van der Waals surface area (Å²) in [6.45, 7) is 5.92. The summed E-state index contributed by atoms with van der Waals surface area (Å²) in [6, 6.07) is 6.17. The van der Waals surface area contributed by atoms with Crippen LogP contribution in [0.5, 0.6) is 5.75 Å². The molecule has 0 aromatic heterocycles. The minimum atomic E-state index is -3.53. The Bertz CT molecular complexity index is 506. The van der Waals surface area contributed by atoms with Crippen LogP contribution < -0.4 is 9.46 Å². The van der Waals surface area contributed by atoms with Gasteiger partial charge in [-0.2, -0.15) is 0 Å². The highest BCUT2D eigenvalue weighted by atomic mass is 32.2. The number of aliphatic hydroxyl groups is 1. The molecule has 0 aliphatic carbocycles. The lowest BCUT2D eigenvalue weighted by atomic mass is 9.98. The molecule has 6 heteroatoms. The molecule has 0 amide bonds. The topological polar surface area (TPSA) is 75.6 Å². The van der Waals surface area contributed by atoms with Gasteiger partial charge in [0, 0.05) is 5.54 Å². The molecular formula is C14H23NO4S. The van der Waals surface area contributed by atoms with Gasteiger partial charge in [0.1, 0.15) is 12.4 Å². The molecule has 0 saturated carbocycles. The Hall–Kier alpha value is -1.11. The van der Waals surface area contributed by atoms with Crippen LogP contribution in [-0.4, -0.2) is 32.3 Å². The van der Waals surface area contributed by atoms with Crippen LogP contribution in [-0.2, 0) is 10.0 Å². The number of aliphatic hydroxyl groups excluding tert-OH is 1. The molecular weight excluding hydrogens is 278 g/mol. The van der Waals surface area contributed by atoms with Gasteiger partial charge in [-0.1, -0.05) is 13.8 Å². The van der Waals surface area contributed by atoms with E-state index in [9.17, 15) is 8.42 Å². The van der Waals surface area contributed by atoms with Gasteiger partial charge in [0.25, 0.3) is 0 Å². The third-order valence-corrected chi connectivity index (χ3v) is 5.09. The van der Waals surface area contributed by atoms with E-state index >= 15 is 0 Å². The maximum Gasteiger partial charge on any atom is 0.241 e. The van der Waals surface area contributed by atoms with Gasteiger partial charge >= 0.3 is 0 Å². The molecule has 0 atom stereocenters. The molecule has 0 saturated heterocycles. The Labute approximate surface area is 121 Å². The number of hydrogen-bond acceptors (Lipinski definition) is 4. The zero-order valence-corrected chi connectivity index (χ0v) is 13.0. The van der Waals surface area contributed by atoms with Gasteiger partial charge in [-0.15, -0.1) is 0 Å². The summed E-state index contributed by atoms with van der Waals surface area (Å²) >= 11 is 0. The first-order valence-electron chi connectivity index (χ1n) is 6.74. The number of ether oxygens (including phenoxy) is 1. The van der Waals surface area contributed by atoms with Crippen molar-refractivity contribution in [3.8, 4) is 5.75 Å². The highest BCUT2D eigenvalue weighted by molar-refractivity contribution is 7.89. The summed E-state index contributed by atoms with van der Waals surface area (Å²) in [7, 11) is -3.53. The average molecular weight is 301 g/mol. The van der Waals surface area contributed by atoms with Crippen molar-refractivity contribution in [3.05, 3.63) is 24.3 Å². The van der Waals surface area contributed by atoms with Crippen LogP contribution in [0.4, 0.5) is 0 Å². The summed E-state index contributed by atoms with van der Waals surface area (Å²) in [4.78, 5) is 0.210. The van der Waals surface area contributed by atoms with Crippen LogP contribution in [0.1, 0.15) is 33.6 Å². The van der Waals surface area contributed by atoms with E-state index in [-0.39, 0.29) is 18.1 Å². The van der Waals surface area contributed by atoms with Crippen LogP contribution in [0.2, 0.25) is 0 Å². The molecule has 114 valence electrons. The van der Waals surface area contributed by atoms with Crippen LogP contribution in [0.15, 0.2) is 29.2 Å². The SMILES string of the molecule is CCC(C)(CC)NS(=O)(=O)c1ccc(OCCO)cc1. The summed E-state index contributed by atoms with van der Waals surface area (Å²) in [5, 5.41) is 8.66. The Morgan fingerprint density at radius 3 is 2.20 bits per heavy atom. The second-order valence-electron chi connectivity index (χ2n) is 4.92. The van der Waals surface area contributed by atoms with Gasteiger partial charge in [0.15, 0.2) is 0 Å². The summed E-state index contributed by atoms with van der Waals surface area (Å²) < 4.78 is 32.5. The number of sulfonamides is 1. The maximum atomic E-state index is 12.3. The van der Waals surface area contributed by atoms with Gasteiger partial charge in [0.05, 0.1) is 11.5 Å². The van der Waals surface area contributed by atoms with E-state index in [4.69, 9.17) is 9.84 Å². The van der Waals surface area contributed by atoms with Crippen LogP contribution in [0.25, 0.3) is 0 Å². The van der Waals surface area contributed by atoms with E-state index in [1.54, 1.807) is 12.1 Å². The fourth-order valence-electron chi connectivity index (χ4n) is 1.66. The smallest absolute Gasteiger partial charge is 0.241 e. The first-order valence-corrected chi connectivity index (χ1v) is 8.23. The minimum Gasteiger partial charge on any atom is -0.491 e. The highest BCUT2D eigenvalue weighted by Gasteiger charge is 2.27. The third kappa shape index (κ3) is 4.47. The number of nitrogens with one attached hydrogen (secondary N) is 1. The van der Waals surface area contributed by atoms with Crippen molar-refractivity contribution in [2.45, 2.75) is 44.0 Å². The maximum absolute atomic E-state index is 12.3. The van der Waals surface area contributed by atoms with E-state index in [0.29, 0.717) is 5.75 Å². The van der Waals surface area contributed by atoms with Crippen molar-refractivity contribution in [1.82, 2.24) is 4.72 Å². The lowest BCUT2D eigenvalue weighted by Gasteiger charge is -2.27. The fourth-order valence-corrected chi connectivity index (χ4v) is 3.21. The Kier molecular flexibility index (Phi) is 5.98. The monoisotopic (exact) mass is 301 g/mol. The molecule has 0 fully saturated rings. The predicted octanol–water partition coefficient (Wildman–Crippen LogP) is 1.91. The van der Waals surface area contributed by atoms with Crippen molar-refractivity contribution in [2.75, 3.05) is 13.2 Å². The van der Waals surface area contributed by atoms with Crippen molar-refractivity contribution in [1.29, 1.82) is 0 Å².